The van der Waals surface area contributed by atoms with Gasteiger partial charge in [-0.3, -0.25) is 19.2 Å². The van der Waals surface area contributed by atoms with Crippen molar-refractivity contribution in [3.05, 3.63) is 11.6 Å². The van der Waals surface area contributed by atoms with Gasteiger partial charge in [0.2, 0.25) is 0 Å². The standard InChI is InChI=1S/C10H12O5.C8H14O2/c1-6(12)15-9-3-7(10(14)5-11)2-8(13)4-9;1-2-6-3-7(9)5-8(10)4-6/h5,7,9H,2-4H2,1H3;2,7-10H,3-5H2,1H3/t;7-,8-/m.1/s1. The molecule has 0 spiro atoms. The number of aliphatic hydroxyl groups is 2. The summed E-state index contributed by atoms with van der Waals surface area (Å²) in [5.41, 5.74) is 1.17. The Bertz CT molecular complexity index is 524. The van der Waals surface area contributed by atoms with Crippen molar-refractivity contribution in [1.82, 2.24) is 0 Å². The topological polar surface area (TPSA) is 118 Å². The van der Waals surface area contributed by atoms with Gasteiger partial charge in [0, 0.05) is 25.7 Å². The van der Waals surface area contributed by atoms with Crippen LogP contribution >= 0.6 is 0 Å². The molecule has 2 unspecified atom stereocenters. The molecule has 2 fully saturated rings. The van der Waals surface area contributed by atoms with E-state index in [2.05, 4.69) is 0 Å². The van der Waals surface area contributed by atoms with Crippen LogP contribution in [0.5, 0.6) is 0 Å². The zero-order valence-corrected chi connectivity index (χ0v) is 14.6. The zero-order chi connectivity index (χ0) is 19.0. The Labute approximate surface area is 147 Å². The Morgan fingerprint density at radius 3 is 2.16 bits per heavy atom. The summed E-state index contributed by atoms with van der Waals surface area (Å²) in [5, 5.41) is 18.4. The molecule has 0 bridgehead atoms. The first-order valence-corrected chi connectivity index (χ1v) is 8.43. The second-order valence-corrected chi connectivity index (χ2v) is 6.53. The van der Waals surface area contributed by atoms with E-state index in [4.69, 9.17) is 4.74 Å². The van der Waals surface area contributed by atoms with E-state index in [0.29, 0.717) is 6.42 Å². The third-order valence-electron chi connectivity index (χ3n) is 4.28. The van der Waals surface area contributed by atoms with Crippen LogP contribution in [0.25, 0.3) is 0 Å². The first-order valence-electron chi connectivity index (χ1n) is 8.43. The predicted octanol–water partition coefficient (Wildman–Crippen LogP) is 0.894. The molecule has 2 N–H and O–H groups in total. The Balaban J connectivity index is 0.000000271. The van der Waals surface area contributed by atoms with Gasteiger partial charge in [0.15, 0.2) is 12.1 Å². The maximum atomic E-state index is 11.2. The van der Waals surface area contributed by atoms with E-state index in [-0.39, 0.29) is 43.5 Å². The average Bonchev–Trinajstić information content (AvgIpc) is 2.52. The lowest BCUT2D eigenvalue weighted by Crippen LogP contribution is -2.34. The van der Waals surface area contributed by atoms with Gasteiger partial charge in [-0.05, 0) is 32.6 Å². The zero-order valence-electron chi connectivity index (χ0n) is 14.6. The number of allylic oxidation sites excluding steroid dienone is 1. The van der Waals surface area contributed by atoms with E-state index in [1.165, 1.54) is 12.5 Å². The summed E-state index contributed by atoms with van der Waals surface area (Å²) >= 11 is 0. The maximum absolute atomic E-state index is 11.2. The highest BCUT2D eigenvalue weighted by molar-refractivity contribution is 6.26. The molecule has 0 aliphatic heterocycles. The molecule has 2 saturated carbocycles. The lowest BCUT2D eigenvalue weighted by molar-refractivity contribution is -0.152. The molecule has 25 heavy (non-hydrogen) atoms. The van der Waals surface area contributed by atoms with Crippen molar-refractivity contribution >= 4 is 23.8 Å². The molecular formula is C18H26O7. The maximum Gasteiger partial charge on any atom is 0.302 e. The molecule has 0 aromatic rings. The number of ketones is 2. The van der Waals surface area contributed by atoms with Crippen LogP contribution in [-0.2, 0) is 23.9 Å². The molecule has 0 heterocycles. The monoisotopic (exact) mass is 354 g/mol. The fraction of sp³-hybridized carbons (Fsp3) is 0.667. The van der Waals surface area contributed by atoms with Crippen LogP contribution in [0.3, 0.4) is 0 Å². The number of ether oxygens (including phenoxy) is 1. The fourth-order valence-electron chi connectivity index (χ4n) is 3.14. The second-order valence-electron chi connectivity index (χ2n) is 6.53. The minimum atomic E-state index is -0.618. The molecule has 0 saturated heterocycles. The Kier molecular flexibility index (Phi) is 8.65. The molecule has 7 nitrogen and oxygen atoms in total. The van der Waals surface area contributed by atoms with Gasteiger partial charge in [-0.1, -0.05) is 11.6 Å². The van der Waals surface area contributed by atoms with Gasteiger partial charge in [-0.15, -0.1) is 0 Å². The predicted molar refractivity (Wildman–Crippen MR) is 88.6 cm³/mol. The third kappa shape index (κ3) is 7.70. The van der Waals surface area contributed by atoms with Crippen LogP contribution in [0.1, 0.15) is 52.4 Å². The SMILES string of the molecule is CC(=O)OC1CC(=O)CC(C(=O)C=O)C1.CC=C1C[C@@H](O)C[C@H](O)C1. The summed E-state index contributed by atoms with van der Waals surface area (Å²) < 4.78 is 4.86. The average molecular weight is 354 g/mol. The van der Waals surface area contributed by atoms with Gasteiger partial charge < -0.3 is 14.9 Å². The number of carbonyl (C=O) groups excluding carboxylic acids is 4. The van der Waals surface area contributed by atoms with Crippen LogP contribution < -0.4 is 0 Å². The van der Waals surface area contributed by atoms with E-state index < -0.39 is 23.8 Å². The Hall–Kier alpha value is -1.86. The van der Waals surface area contributed by atoms with Gasteiger partial charge in [0.1, 0.15) is 11.9 Å². The molecule has 140 valence electrons. The smallest absolute Gasteiger partial charge is 0.302 e. The van der Waals surface area contributed by atoms with Crippen LogP contribution in [0.4, 0.5) is 0 Å². The highest BCUT2D eigenvalue weighted by Crippen LogP contribution is 2.25. The largest absolute Gasteiger partial charge is 0.462 e. The molecule has 0 aromatic carbocycles. The number of esters is 1. The minimum absolute atomic E-state index is 0.0787. The van der Waals surface area contributed by atoms with Crippen molar-refractivity contribution < 1.29 is 34.1 Å². The number of aldehydes is 1. The summed E-state index contributed by atoms with van der Waals surface area (Å²) in [7, 11) is 0. The quantitative estimate of drug-likeness (QED) is 0.334. The van der Waals surface area contributed by atoms with Gasteiger partial charge in [0.05, 0.1) is 12.2 Å². The highest BCUT2D eigenvalue weighted by Gasteiger charge is 2.32. The summed E-state index contributed by atoms with van der Waals surface area (Å²) in [6.45, 7) is 3.19. The first kappa shape index (κ1) is 21.2. The Morgan fingerprint density at radius 1 is 1.08 bits per heavy atom. The van der Waals surface area contributed by atoms with E-state index in [9.17, 15) is 29.4 Å². The van der Waals surface area contributed by atoms with Crippen LogP contribution in [0.2, 0.25) is 0 Å². The molecule has 2 rings (SSSR count). The number of carbonyl (C=O) groups is 4. The van der Waals surface area contributed by atoms with Crippen LogP contribution in [0, 0.1) is 5.92 Å². The number of aliphatic hydroxyl groups excluding tert-OH is 2. The molecule has 0 aromatic heterocycles. The molecule has 2 aliphatic carbocycles. The number of Topliss-reactive ketones (excluding diaryl/α,β-unsaturated/α-hetero) is 2. The van der Waals surface area contributed by atoms with Crippen molar-refractivity contribution in [2.45, 2.75) is 70.7 Å². The summed E-state index contributed by atoms with van der Waals surface area (Å²) in [6, 6.07) is 0. The van der Waals surface area contributed by atoms with Crippen molar-refractivity contribution in [1.29, 1.82) is 0 Å². The van der Waals surface area contributed by atoms with E-state index in [1.807, 2.05) is 13.0 Å². The highest BCUT2D eigenvalue weighted by atomic mass is 16.5. The summed E-state index contributed by atoms with van der Waals surface area (Å²) in [4.78, 5) is 43.3. The lowest BCUT2D eigenvalue weighted by Gasteiger charge is -2.25. The number of rotatable bonds is 3. The number of hydrogen-bond acceptors (Lipinski definition) is 7. The van der Waals surface area contributed by atoms with Gasteiger partial charge in [-0.25, -0.2) is 0 Å². The van der Waals surface area contributed by atoms with E-state index >= 15 is 0 Å². The molecule has 4 atom stereocenters. The van der Waals surface area contributed by atoms with Crippen LogP contribution in [-0.4, -0.2) is 52.3 Å². The minimum Gasteiger partial charge on any atom is -0.462 e. The molecule has 0 radical (unpaired) electrons. The molecular weight excluding hydrogens is 328 g/mol. The van der Waals surface area contributed by atoms with Gasteiger partial charge >= 0.3 is 5.97 Å². The number of hydrogen-bond donors (Lipinski definition) is 2. The summed E-state index contributed by atoms with van der Waals surface area (Å²) in [6.07, 6.45) is 3.50. The fourth-order valence-corrected chi connectivity index (χ4v) is 3.14. The Morgan fingerprint density at radius 2 is 1.68 bits per heavy atom. The van der Waals surface area contributed by atoms with E-state index in [0.717, 1.165) is 12.8 Å². The van der Waals surface area contributed by atoms with E-state index in [1.54, 1.807) is 0 Å². The van der Waals surface area contributed by atoms with Gasteiger partial charge in [-0.2, -0.15) is 0 Å². The van der Waals surface area contributed by atoms with Crippen molar-refractivity contribution in [2.75, 3.05) is 0 Å². The third-order valence-corrected chi connectivity index (χ3v) is 4.28. The van der Waals surface area contributed by atoms with Crippen molar-refractivity contribution in [3.63, 3.8) is 0 Å². The van der Waals surface area contributed by atoms with Crippen molar-refractivity contribution in [2.24, 2.45) is 5.92 Å². The van der Waals surface area contributed by atoms with Crippen LogP contribution in [0.15, 0.2) is 11.6 Å². The lowest BCUT2D eigenvalue weighted by atomic mass is 9.84. The molecule has 7 heteroatoms. The van der Waals surface area contributed by atoms with Gasteiger partial charge in [0.25, 0.3) is 0 Å². The second kappa shape index (κ2) is 10.2. The molecule has 0 amide bonds. The summed E-state index contributed by atoms with van der Waals surface area (Å²) in [5.74, 6) is -1.84. The normalized spacial score (nSPS) is 29.1. The van der Waals surface area contributed by atoms with Crippen molar-refractivity contribution in [3.8, 4) is 0 Å². The first-order chi connectivity index (χ1) is 11.7. The molecule has 2 aliphatic rings.